The molecule has 82 valence electrons. The fourth-order valence-electron chi connectivity index (χ4n) is 2.66. The van der Waals surface area contributed by atoms with Crippen molar-refractivity contribution in [1.29, 1.82) is 0 Å². The van der Waals surface area contributed by atoms with Crippen LogP contribution in [0, 0.1) is 5.92 Å². The van der Waals surface area contributed by atoms with E-state index >= 15 is 0 Å². The Kier molecular flexibility index (Phi) is 1.93. The molecule has 3 rings (SSSR count). The first-order chi connectivity index (χ1) is 7.70. The average molecular weight is 214 g/mol. The molecular formula is C14H14O2. The number of ether oxygens (including phenoxy) is 1. The molecule has 0 radical (unpaired) electrons. The number of rotatable bonds is 2. The van der Waals surface area contributed by atoms with E-state index in [4.69, 9.17) is 4.74 Å². The molecule has 1 atom stereocenters. The topological polar surface area (TPSA) is 26.3 Å². The van der Waals surface area contributed by atoms with Crippen molar-refractivity contribution < 1.29 is 9.53 Å². The second-order valence-electron chi connectivity index (χ2n) is 4.49. The number of hydrogen-bond acceptors (Lipinski definition) is 2. The van der Waals surface area contributed by atoms with Gasteiger partial charge in [-0.1, -0.05) is 26.0 Å². The smallest absolute Gasteiger partial charge is 0.310 e. The normalized spacial score (nSPS) is 25.4. The van der Waals surface area contributed by atoms with Crippen LogP contribution in [0.5, 0.6) is 0 Å². The Bertz CT molecular complexity index is 501. The summed E-state index contributed by atoms with van der Waals surface area (Å²) in [5.74, 6) is 1.14. The lowest BCUT2D eigenvalue weighted by molar-refractivity contribution is -0.138. The lowest BCUT2D eigenvalue weighted by Gasteiger charge is -2.11. The van der Waals surface area contributed by atoms with Crippen LogP contribution in [0.2, 0.25) is 0 Å². The first kappa shape index (κ1) is 9.64. The largest absolute Gasteiger partial charge is 0.426 e. The van der Waals surface area contributed by atoms with Crippen LogP contribution >= 0.6 is 0 Å². The Morgan fingerprint density at radius 1 is 1.56 bits per heavy atom. The molecule has 2 nitrogen and oxygen atoms in total. The number of hydrogen-bond donors (Lipinski definition) is 0. The van der Waals surface area contributed by atoms with Crippen LogP contribution in [0.25, 0.3) is 0 Å². The molecule has 0 N–H and O–H groups in total. The van der Waals surface area contributed by atoms with E-state index in [0.29, 0.717) is 12.3 Å². The highest BCUT2D eigenvalue weighted by atomic mass is 16.5. The maximum atomic E-state index is 11.3. The molecule has 0 fully saturated rings. The zero-order chi connectivity index (χ0) is 11.3. The number of carbonyl (C=O) groups is 1. The summed E-state index contributed by atoms with van der Waals surface area (Å²) >= 11 is 0. The van der Waals surface area contributed by atoms with Gasteiger partial charge < -0.3 is 4.74 Å². The predicted octanol–water partition coefficient (Wildman–Crippen LogP) is 3.04. The van der Waals surface area contributed by atoms with Gasteiger partial charge in [0.05, 0.1) is 0 Å². The highest BCUT2D eigenvalue weighted by Crippen LogP contribution is 2.50. The molecule has 3 aliphatic rings. The van der Waals surface area contributed by atoms with Crippen molar-refractivity contribution >= 4 is 5.97 Å². The van der Waals surface area contributed by atoms with E-state index in [-0.39, 0.29) is 5.97 Å². The molecule has 0 aliphatic heterocycles. The number of esters is 1. The summed E-state index contributed by atoms with van der Waals surface area (Å²) in [6.07, 6.45) is 7.78. The van der Waals surface area contributed by atoms with Crippen molar-refractivity contribution in [2.45, 2.75) is 26.7 Å². The number of fused-ring (bicyclic) bond motifs is 4. The second-order valence-corrected chi connectivity index (χ2v) is 4.49. The Morgan fingerprint density at radius 2 is 2.38 bits per heavy atom. The minimum absolute atomic E-state index is 0.149. The number of allylic oxidation sites excluding steroid dienone is 7. The maximum Gasteiger partial charge on any atom is 0.310 e. The Hall–Kier alpha value is -1.57. The summed E-state index contributed by atoms with van der Waals surface area (Å²) in [5.41, 5.74) is 5.27. The van der Waals surface area contributed by atoms with Crippen molar-refractivity contribution in [1.82, 2.24) is 0 Å². The van der Waals surface area contributed by atoms with Gasteiger partial charge >= 0.3 is 5.97 Å². The van der Waals surface area contributed by atoms with E-state index in [9.17, 15) is 4.79 Å². The van der Waals surface area contributed by atoms with Crippen molar-refractivity contribution in [3.63, 3.8) is 0 Å². The fraction of sp³-hybridized carbons (Fsp3) is 0.357. The quantitative estimate of drug-likeness (QED) is 0.660. The summed E-state index contributed by atoms with van der Waals surface area (Å²) in [4.78, 5) is 11.3. The van der Waals surface area contributed by atoms with E-state index in [1.807, 2.05) is 13.0 Å². The van der Waals surface area contributed by atoms with Gasteiger partial charge in [0.1, 0.15) is 5.76 Å². The molecule has 0 heterocycles. The SMILES string of the molecule is CCC(=O)OC1=C2CC(=C1)C1=C2C=CC1C. The van der Waals surface area contributed by atoms with Crippen molar-refractivity contribution in [3.05, 3.63) is 46.3 Å². The molecule has 1 unspecified atom stereocenters. The van der Waals surface area contributed by atoms with Gasteiger partial charge in [0.2, 0.25) is 0 Å². The van der Waals surface area contributed by atoms with Crippen LogP contribution in [-0.2, 0) is 9.53 Å². The highest BCUT2D eigenvalue weighted by molar-refractivity contribution is 5.75. The minimum atomic E-state index is -0.149. The molecule has 0 aromatic carbocycles. The van der Waals surface area contributed by atoms with Gasteiger partial charge in [0.25, 0.3) is 0 Å². The lowest BCUT2D eigenvalue weighted by Crippen LogP contribution is -2.03. The Balaban J connectivity index is 1.96. The van der Waals surface area contributed by atoms with Crippen LogP contribution in [0.1, 0.15) is 26.7 Å². The summed E-state index contributed by atoms with van der Waals surface area (Å²) < 4.78 is 5.33. The second kappa shape index (κ2) is 3.21. The standard InChI is InChI=1S/C14H14O2/c1-3-13(15)16-12-7-9-6-11(12)10-5-4-8(2)14(9)10/h4-5,7-8H,3,6H2,1-2H3. The van der Waals surface area contributed by atoms with E-state index in [1.165, 1.54) is 22.3 Å². The molecule has 2 bridgehead atoms. The van der Waals surface area contributed by atoms with E-state index in [1.54, 1.807) is 0 Å². The molecule has 3 aliphatic carbocycles. The molecule has 0 spiro atoms. The third-order valence-corrected chi connectivity index (χ3v) is 3.45. The highest BCUT2D eigenvalue weighted by Gasteiger charge is 2.35. The maximum absolute atomic E-state index is 11.3. The third kappa shape index (κ3) is 1.16. The van der Waals surface area contributed by atoms with Gasteiger partial charge in [-0.15, -0.1) is 0 Å². The van der Waals surface area contributed by atoms with Crippen LogP contribution < -0.4 is 0 Å². The van der Waals surface area contributed by atoms with Crippen LogP contribution in [-0.4, -0.2) is 5.97 Å². The van der Waals surface area contributed by atoms with Gasteiger partial charge in [-0.05, 0) is 22.8 Å². The lowest BCUT2D eigenvalue weighted by atomic mass is 9.97. The molecule has 0 aromatic heterocycles. The zero-order valence-corrected chi connectivity index (χ0v) is 9.54. The fourth-order valence-corrected chi connectivity index (χ4v) is 2.66. The van der Waals surface area contributed by atoms with E-state index < -0.39 is 0 Å². The predicted molar refractivity (Wildman–Crippen MR) is 61.4 cm³/mol. The average Bonchev–Trinajstić information content (AvgIpc) is 2.91. The number of carbonyl (C=O) groups excluding carboxylic acids is 1. The molecule has 0 amide bonds. The first-order valence-electron chi connectivity index (χ1n) is 5.78. The molecule has 0 saturated heterocycles. The summed E-state index contributed by atoms with van der Waals surface area (Å²) in [7, 11) is 0. The van der Waals surface area contributed by atoms with Crippen LogP contribution in [0.15, 0.2) is 46.3 Å². The van der Waals surface area contributed by atoms with Gasteiger partial charge in [-0.25, -0.2) is 0 Å². The minimum Gasteiger partial charge on any atom is -0.426 e. The van der Waals surface area contributed by atoms with Gasteiger partial charge in [0.15, 0.2) is 0 Å². The van der Waals surface area contributed by atoms with Gasteiger partial charge in [0, 0.05) is 24.3 Å². The first-order valence-corrected chi connectivity index (χ1v) is 5.78. The van der Waals surface area contributed by atoms with Crippen molar-refractivity contribution in [3.8, 4) is 0 Å². The van der Waals surface area contributed by atoms with Crippen LogP contribution in [0.4, 0.5) is 0 Å². The Morgan fingerprint density at radius 3 is 3.12 bits per heavy atom. The summed E-state index contributed by atoms with van der Waals surface area (Å²) in [6.45, 7) is 4.02. The Labute approximate surface area is 95.0 Å². The summed E-state index contributed by atoms with van der Waals surface area (Å²) in [6, 6.07) is 0. The van der Waals surface area contributed by atoms with Crippen molar-refractivity contribution in [2.24, 2.45) is 5.92 Å². The molecule has 16 heavy (non-hydrogen) atoms. The van der Waals surface area contributed by atoms with E-state index in [0.717, 1.165) is 12.2 Å². The van der Waals surface area contributed by atoms with Gasteiger partial charge in [-0.2, -0.15) is 0 Å². The zero-order valence-electron chi connectivity index (χ0n) is 9.54. The molecule has 0 saturated carbocycles. The van der Waals surface area contributed by atoms with E-state index in [2.05, 4.69) is 19.1 Å². The molecule has 2 heteroatoms. The molecule has 0 aromatic rings. The third-order valence-electron chi connectivity index (χ3n) is 3.45. The monoisotopic (exact) mass is 214 g/mol. The molecular weight excluding hydrogens is 200 g/mol. The van der Waals surface area contributed by atoms with Crippen LogP contribution in [0.3, 0.4) is 0 Å². The van der Waals surface area contributed by atoms with Crippen molar-refractivity contribution in [2.75, 3.05) is 0 Å². The van der Waals surface area contributed by atoms with Gasteiger partial charge in [-0.3, -0.25) is 4.79 Å². The summed E-state index contributed by atoms with van der Waals surface area (Å²) in [5, 5.41) is 0.